The zero-order chi connectivity index (χ0) is 17.7. The van der Waals surface area contributed by atoms with Gasteiger partial charge in [-0.1, -0.05) is 67.4 Å². The lowest BCUT2D eigenvalue weighted by molar-refractivity contribution is -0.119. The molecule has 0 spiro atoms. The Kier molecular flexibility index (Phi) is 6.70. The van der Waals surface area contributed by atoms with Crippen molar-refractivity contribution < 1.29 is 4.79 Å². The average molecular weight is 364 g/mol. The van der Waals surface area contributed by atoms with Crippen LogP contribution in [0.15, 0.2) is 42.5 Å². The smallest absolute Gasteiger partial charge is 0.217 e. The first kappa shape index (κ1) is 18.8. The lowest BCUT2D eigenvalue weighted by Crippen LogP contribution is -2.30. The third-order valence-corrected chi connectivity index (χ3v) is 4.95. The number of halogens is 2. The Morgan fingerprint density at radius 1 is 1.00 bits per heavy atom. The molecule has 0 saturated heterocycles. The standard InChI is InChI=1S/C18H17Cl2NO.C2H6/c1-11(22)21-18-9-7-13(14-4-2-3-5-15(14)18)12-6-8-16(19)17(20)10-12;1-2/h2-6,8,10,13,18H,7,9H2,1H3,(H,21,22);1-2H3/t13-,18+;/m0./s1. The SMILES string of the molecule is CC.CC(=O)N[C@@H]1CC[C@@H](c2ccc(Cl)c(Cl)c2)c2ccccc21. The second-order valence-electron chi connectivity index (χ2n) is 5.69. The van der Waals surface area contributed by atoms with E-state index in [0.717, 1.165) is 12.8 Å². The maximum Gasteiger partial charge on any atom is 0.217 e. The summed E-state index contributed by atoms with van der Waals surface area (Å²) < 4.78 is 0. The predicted molar refractivity (Wildman–Crippen MR) is 102 cm³/mol. The van der Waals surface area contributed by atoms with Crippen molar-refractivity contribution in [2.45, 2.75) is 45.6 Å². The Balaban J connectivity index is 0.00000100. The Hall–Kier alpha value is -1.51. The molecule has 1 aliphatic carbocycles. The molecule has 2 aromatic rings. The van der Waals surface area contributed by atoms with Crippen molar-refractivity contribution in [1.82, 2.24) is 5.32 Å². The molecule has 2 atom stereocenters. The lowest BCUT2D eigenvalue weighted by atomic mass is 9.77. The van der Waals surface area contributed by atoms with Crippen LogP contribution >= 0.6 is 23.2 Å². The molecule has 2 aromatic carbocycles. The van der Waals surface area contributed by atoms with E-state index in [1.54, 1.807) is 6.92 Å². The maximum atomic E-state index is 11.4. The molecule has 1 amide bonds. The summed E-state index contributed by atoms with van der Waals surface area (Å²) in [6.45, 7) is 5.56. The van der Waals surface area contributed by atoms with Crippen molar-refractivity contribution in [3.05, 3.63) is 69.2 Å². The van der Waals surface area contributed by atoms with E-state index in [4.69, 9.17) is 23.2 Å². The van der Waals surface area contributed by atoms with E-state index < -0.39 is 0 Å². The van der Waals surface area contributed by atoms with Crippen LogP contribution in [0.1, 0.15) is 62.3 Å². The fourth-order valence-corrected chi connectivity index (χ4v) is 3.57. The first-order valence-electron chi connectivity index (χ1n) is 8.37. The van der Waals surface area contributed by atoms with E-state index in [9.17, 15) is 4.79 Å². The van der Waals surface area contributed by atoms with Crippen molar-refractivity contribution in [3.63, 3.8) is 0 Å². The van der Waals surface area contributed by atoms with E-state index in [1.165, 1.54) is 16.7 Å². The van der Waals surface area contributed by atoms with E-state index in [0.29, 0.717) is 10.0 Å². The number of carbonyl (C=O) groups excluding carboxylic acids is 1. The second-order valence-corrected chi connectivity index (χ2v) is 6.50. The van der Waals surface area contributed by atoms with Crippen LogP contribution in [-0.2, 0) is 4.79 Å². The third-order valence-electron chi connectivity index (χ3n) is 4.21. The van der Waals surface area contributed by atoms with Gasteiger partial charge in [-0.25, -0.2) is 0 Å². The highest BCUT2D eigenvalue weighted by Gasteiger charge is 2.28. The molecule has 0 heterocycles. The number of hydrogen-bond acceptors (Lipinski definition) is 1. The number of rotatable bonds is 2. The van der Waals surface area contributed by atoms with Crippen LogP contribution in [0.3, 0.4) is 0 Å². The van der Waals surface area contributed by atoms with Gasteiger partial charge in [0.2, 0.25) is 5.91 Å². The van der Waals surface area contributed by atoms with Crippen LogP contribution in [0.4, 0.5) is 0 Å². The summed E-state index contributed by atoms with van der Waals surface area (Å²) >= 11 is 12.2. The lowest BCUT2D eigenvalue weighted by Gasteiger charge is -2.32. The molecule has 0 unspecified atom stereocenters. The highest BCUT2D eigenvalue weighted by atomic mass is 35.5. The minimum atomic E-state index is 0.00721. The Bertz CT molecular complexity index is 715. The van der Waals surface area contributed by atoms with Gasteiger partial charge in [0.05, 0.1) is 16.1 Å². The molecule has 0 aliphatic heterocycles. The minimum absolute atomic E-state index is 0.00721. The van der Waals surface area contributed by atoms with Gasteiger partial charge in [-0.2, -0.15) is 0 Å². The summed E-state index contributed by atoms with van der Waals surface area (Å²) in [4.78, 5) is 11.4. The number of fused-ring (bicyclic) bond motifs is 1. The molecule has 1 N–H and O–H groups in total. The fourth-order valence-electron chi connectivity index (χ4n) is 3.26. The predicted octanol–water partition coefficient (Wildman–Crippen LogP) is 6.12. The van der Waals surface area contributed by atoms with Gasteiger partial charge < -0.3 is 5.32 Å². The van der Waals surface area contributed by atoms with Crippen LogP contribution < -0.4 is 5.32 Å². The number of benzene rings is 2. The Morgan fingerprint density at radius 3 is 2.29 bits per heavy atom. The van der Waals surface area contributed by atoms with Gasteiger partial charge in [-0.05, 0) is 41.7 Å². The zero-order valence-corrected chi connectivity index (χ0v) is 15.8. The summed E-state index contributed by atoms with van der Waals surface area (Å²) in [6.07, 6.45) is 1.89. The van der Waals surface area contributed by atoms with E-state index in [1.807, 2.05) is 44.2 Å². The number of carbonyl (C=O) groups is 1. The van der Waals surface area contributed by atoms with Crippen LogP contribution in [0, 0.1) is 0 Å². The fraction of sp³-hybridized carbons (Fsp3) is 0.350. The topological polar surface area (TPSA) is 29.1 Å². The molecule has 0 radical (unpaired) electrons. The Labute approximate surface area is 154 Å². The molecule has 0 bridgehead atoms. The quantitative estimate of drug-likeness (QED) is 0.683. The third kappa shape index (κ3) is 4.12. The molecule has 128 valence electrons. The van der Waals surface area contributed by atoms with Crippen LogP contribution in [0.25, 0.3) is 0 Å². The van der Waals surface area contributed by atoms with Gasteiger partial charge in [0.1, 0.15) is 0 Å². The van der Waals surface area contributed by atoms with Gasteiger partial charge in [-0.15, -0.1) is 0 Å². The molecule has 1 aliphatic rings. The average Bonchev–Trinajstić information content (AvgIpc) is 2.59. The van der Waals surface area contributed by atoms with Crippen molar-refractivity contribution in [3.8, 4) is 0 Å². The van der Waals surface area contributed by atoms with E-state index in [2.05, 4.69) is 17.4 Å². The van der Waals surface area contributed by atoms with Crippen LogP contribution in [0.2, 0.25) is 10.0 Å². The summed E-state index contributed by atoms with van der Waals surface area (Å²) in [5, 5.41) is 4.20. The molecule has 0 saturated carbocycles. The van der Waals surface area contributed by atoms with E-state index in [-0.39, 0.29) is 17.9 Å². The molecule has 2 nitrogen and oxygen atoms in total. The van der Waals surface area contributed by atoms with Crippen molar-refractivity contribution in [2.75, 3.05) is 0 Å². The van der Waals surface area contributed by atoms with Gasteiger partial charge in [0.25, 0.3) is 0 Å². The molecule has 24 heavy (non-hydrogen) atoms. The van der Waals surface area contributed by atoms with Crippen LogP contribution in [0.5, 0.6) is 0 Å². The maximum absolute atomic E-state index is 11.4. The van der Waals surface area contributed by atoms with Crippen molar-refractivity contribution in [2.24, 2.45) is 0 Å². The van der Waals surface area contributed by atoms with Crippen molar-refractivity contribution in [1.29, 1.82) is 0 Å². The first-order chi connectivity index (χ1) is 11.6. The van der Waals surface area contributed by atoms with Gasteiger partial charge in [-0.3, -0.25) is 4.79 Å². The monoisotopic (exact) mass is 363 g/mol. The van der Waals surface area contributed by atoms with Gasteiger partial charge >= 0.3 is 0 Å². The molecular formula is C20H23Cl2NO. The van der Waals surface area contributed by atoms with Crippen LogP contribution in [-0.4, -0.2) is 5.91 Å². The molecule has 0 fully saturated rings. The summed E-state index contributed by atoms with van der Waals surface area (Å²) in [7, 11) is 0. The zero-order valence-electron chi connectivity index (χ0n) is 14.3. The normalized spacial score (nSPS) is 18.9. The summed E-state index contributed by atoms with van der Waals surface area (Å²) in [5.74, 6) is 0.295. The van der Waals surface area contributed by atoms with E-state index >= 15 is 0 Å². The number of nitrogens with one attached hydrogen (secondary N) is 1. The molecule has 3 rings (SSSR count). The van der Waals surface area contributed by atoms with Gasteiger partial charge in [0, 0.05) is 12.8 Å². The second kappa shape index (κ2) is 8.55. The summed E-state index contributed by atoms with van der Waals surface area (Å²) in [5.41, 5.74) is 3.62. The number of amides is 1. The largest absolute Gasteiger partial charge is 0.350 e. The first-order valence-corrected chi connectivity index (χ1v) is 9.12. The summed E-state index contributed by atoms with van der Waals surface area (Å²) in [6, 6.07) is 14.2. The highest BCUT2D eigenvalue weighted by molar-refractivity contribution is 6.42. The van der Waals surface area contributed by atoms with Crippen molar-refractivity contribution >= 4 is 29.1 Å². The highest BCUT2D eigenvalue weighted by Crippen LogP contribution is 2.42. The minimum Gasteiger partial charge on any atom is -0.350 e. The molecule has 0 aromatic heterocycles. The number of hydrogen-bond donors (Lipinski definition) is 1. The molecular weight excluding hydrogens is 341 g/mol. The van der Waals surface area contributed by atoms with Gasteiger partial charge in [0.15, 0.2) is 0 Å². The Morgan fingerprint density at radius 2 is 1.67 bits per heavy atom. The molecule has 4 heteroatoms.